The van der Waals surface area contributed by atoms with E-state index in [0.717, 1.165) is 11.3 Å². The van der Waals surface area contributed by atoms with Crippen LogP contribution in [0.2, 0.25) is 0 Å². The number of rotatable bonds is 10. The van der Waals surface area contributed by atoms with Crippen molar-refractivity contribution in [1.82, 2.24) is 9.88 Å². The molecule has 2 unspecified atom stereocenters. The number of carbonyl (C=O) groups excluding carboxylic acids is 1. The summed E-state index contributed by atoms with van der Waals surface area (Å²) in [4.78, 5) is 32.3. The number of nitrogens with two attached hydrogens (primary N) is 1. The van der Waals surface area contributed by atoms with Gasteiger partial charge < -0.3 is 31.1 Å². The number of halogens is 3. The maximum absolute atomic E-state index is 12.7. The van der Waals surface area contributed by atoms with E-state index in [1.54, 1.807) is 13.1 Å². The molecule has 38 heavy (non-hydrogen) atoms. The standard InChI is InChI=1S/C24H27F3N6O4S/c1-4-33(5-2)19(12-20(28)34)23(30-16-10-13(21(35)36)6-9-17(16)32(23)3)31-22-29-15-8-7-14(11-18(15)38-22)37-24(25,26)27/h6-11,19,30H,4-5,12H2,1-3H3,(H2,28,34)(H,29,31)(H,35,36). The number of thiazole rings is 1. The third-order valence-electron chi connectivity index (χ3n) is 6.48. The Morgan fingerprint density at radius 2 is 1.97 bits per heavy atom. The fourth-order valence-electron chi connectivity index (χ4n) is 4.76. The van der Waals surface area contributed by atoms with Crippen molar-refractivity contribution in [2.45, 2.75) is 38.5 Å². The van der Waals surface area contributed by atoms with Crippen LogP contribution in [0.4, 0.5) is 29.7 Å². The number of primary amides is 1. The van der Waals surface area contributed by atoms with E-state index in [-0.39, 0.29) is 17.7 Å². The normalized spacial score (nSPS) is 17.8. The van der Waals surface area contributed by atoms with Crippen molar-refractivity contribution in [2.75, 3.05) is 35.7 Å². The van der Waals surface area contributed by atoms with Crippen molar-refractivity contribution in [1.29, 1.82) is 0 Å². The SMILES string of the molecule is CCN(CC)C(CC(N)=O)C1(Nc2nc3ccc(OC(F)(F)F)cc3s2)Nc2cc(C(=O)O)ccc2N1C. The van der Waals surface area contributed by atoms with E-state index >= 15 is 0 Å². The van der Waals surface area contributed by atoms with Crippen molar-refractivity contribution in [3.63, 3.8) is 0 Å². The predicted molar refractivity (Wildman–Crippen MR) is 139 cm³/mol. The van der Waals surface area contributed by atoms with Crippen LogP contribution in [-0.2, 0) is 4.79 Å². The van der Waals surface area contributed by atoms with Crippen molar-refractivity contribution < 1.29 is 32.6 Å². The summed E-state index contributed by atoms with van der Waals surface area (Å²) in [6.45, 7) is 5.02. The Morgan fingerprint density at radius 1 is 1.26 bits per heavy atom. The summed E-state index contributed by atoms with van der Waals surface area (Å²) in [5.41, 5.74) is 7.38. The van der Waals surface area contributed by atoms with Crippen molar-refractivity contribution in [2.24, 2.45) is 5.73 Å². The van der Waals surface area contributed by atoms with Gasteiger partial charge >= 0.3 is 12.3 Å². The molecule has 0 spiro atoms. The number of fused-ring (bicyclic) bond motifs is 2. The number of hydrogen-bond acceptors (Lipinski definition) is 9. The van der Waals surface area contributed by atoms with Crippen molar-refractivity contribution >= 4 is 49.9 Å². The van der Waals surface area contributed by atoms with Crippen LogP contribution in [0.1, 0.15) is 30.6 Å². The first kappa shape index (κ1) is 27.3. The molecule has 14 heteroatoms. The largest absolute Gasteiger partial charge is 0.573 e. The Morgan fingerprint density at radius 3 is 2.58 bits per heavy atom. The molecule has 1 aliphatic rings. The maximum Gasteiger partial charge on any atom is 0.573 e. The Bertz CT molecular complexity index is 1360. The van der Waals surface area contributed by atoms with E-state index in [1.165, 1.54) is 30.3 Å². The number of alkyl halides is 3. The van der Waals surface area contributed by atoms with E-state index in [4.69, 9.17) is 5.73 Å². The first-order chi connectivity index (χ1) is 17.9. The number of aromatic nitrogens is 1. The van der Waals surface area contributed by atoms with Crippen LogP contribution in [0.5, 0.6) is 5.75 Å². The van der Waals surface area contributed by atoms with Gasteiger partial charge in [-0.05, 0) is 43.4 Å². The lowest BCUT2D eigenvalue weighted by Crippen LogP contribution is -2.68. The summed E-state index contributed by atoms with van der Waals surface area (Å²) in [7, 11) is 1.78. The molecule has 1 aliphatic heterocycles. The summed E-state index contributed by atoms with van der Waals surface area (Å²) >= 11 is 1.11. The maximum atomic E-state index is 12.7. The number of nitrogens with zero attached hydrogens (tertiary/aromatic N) is 3. The molecular formula is C24H27F3N6O4S. The van der Waals surface area contributed by atoms with Gasteiger partial charge in [-0.15, -0.1) is 13.2 Å². The molecular weight excluding hydrogens is 525 g/mol. The van der Waals surface area contributed by atoms with Crippen LogP contribution in [0.25, 0.3) is 10.2 Å². The molecule has 10 nitrogen and oxygen atoms in total. The number of amides is 1. The summed E-state index contributed by atoms with van der Waals surface area (Å²) in [5, 5.41) is 16.6. The number of aromatic carboxylic acids is 1. The highest BCUT2D eigenvalue weighted by molar-refractivity contribution is 7.22. The van der Waals surface area contributed by atoms with Crippen molar-refractivity contribution in [3.8, 4) is 5.75 Å². The van der Waals surface area contributed by atoms with Crippen LogP contribution in [0.15, 0.2) is 36.4 Å². The molecule has 1 amide bonds. The highest BCUT2D eigenvalue weighted by atomic mass is 32.1. The van der Waals surface area contributed by atoms with Gasteiger partial charge in [-0.25, -0.2) is 9.78 Å². The number of carboxylic acids is 1. The smallest absolute Gasteiger partial charge is 0.478 e. The van der Waals surface area contributed by atoms with E-state index in [9.17, 15) is 27.9 Å². The summed E-state index contributed by atoms with van der Waals surface area (Å²) < 4.78 is 42.6. The number of benzene rings is 2. The summed E-state index contributed by atoms with van der Waals surface area (Å²) in [6, 6.07) is 7.95. The lowest BCUT2D eigenvalue weighted by Gasteiger charge is -2.47. The molecule has 4 rings (SSSR count). The molecule has 0 saturated carbocycles. The fraction of sp³-hybridized carbons (Fsp3) is 0.375. The number of carboxylic acid groups (broad SMARTS) is 1. The summed E-state index contributed by atoms with van der Waals surface area (Å²) in [5.74, 6) is -3.23. The second-order valence-electron chi connectivity index (χ2n) is 8.72. The van der Waals surface area contributed by atoms with E-state index < -0.39 is 30.1 Å². The third-order valence-corrected chi connectivity index (χ3v) is 7.41. The number of nitrogens with one attached hydrogen (secondary N) is 2. The van der Waals surface area contributed by atoms with Crippen LogP contribution < -0.4 is 26.0 Å². The van der Waals surface area contributed by atoms with E-state index in [0.29, 0.717) is 39.8 Å². The monoisotopic (exact) mass is 552 g/mol. The van der Waals surface area contributed by atoms with Gasteiger partial charge in [-0.1, -0.05) is 25.2 Å². The highest BCUT2D eigenvalue weighted by Crippen LogP contribution is 2.44. The predicted octanol–water partition coefficient (Wildman–Crippen LogP) is 4.11. The van der Waals surface area contributed by atoms with Gasteiger partial charge in [0.2, 0.25) is 11.7 Å². The van der Waals surface area contributed by atoms with E-state index in [1.807, 2.05) is 23.6 Å². The molecule has 5 N–H and O–H groups in total. The molecule has 0 fully saturated rings. The fourth-order valence-corrected chi connectivity index (χ4v) is 5.71. The zero-order valence-electron chi connectivity index (χ0n) is 20.8. The molecule has 3 aromatic rings. The highest BCUT2D eigenvalue weighted by Gasteiger charge is 2.51. The Kier molecular flexibility index (Phi) is 7.30. The molecule has 2 atom stereocenters. The topological polar surface area (TPSA) is 133 Å². The molecule has 2 aromatic carbocycles. The quantitative estimate of drug-likeness (QED) is 0.293. The lowest BCUT2D eigenvalue weighted by atomic mass is 10.0. The Labute approximate surface area is 220 Å². The zero-order valence-corrected chi connectivity index (χ0v) is 21.6. The van der Waals surface area contributed by atoms with Crippen LogP contribution in [-0.4, -0.2) is 65.2 Å². The number of carbonyl (C=O) groups is 2. The molecule has 2 heterocycles. The van der Waals surface area contributed by atoms with E-state index in [2.05, 4.69) is 20.4 Å². The molecule has 0 aliphatic carbocycles. The molecule has 0 bridgehead atoms. The minimum atomic E-state index is -4.83. The second-order valence-corrected chi connectivity index (χ2v) is 9.75. The third kappa shape index (κ3) is 5.27. The van der Waals surface area contributed by atoms with Gasteiger partial charge in [0.15, 0.2) is 5.13 Å². The average molecular weight is 553 g/mol. The first-order valence-corrected chi connectivity index (χ1v) is 12.5. The number of ether oxygens (including phenoxy) is 1. The zero-order chi connectivity index (χ0) is 27.8. The van der Waals surface area contributed by atoms with Gasteiger partial charge in [0.25, 0.3) is 0 Å². The minimum Gasteiger partial charge on any atom is -0.478 e. The molecule has 204 valence electrons. The van der Waals surface area contributed by atoms with Crippen LogP contribution in [0.3, 0.4) is 0 Å². The van der Waals surface area contributed by atoms with Gasteiger partial charge in [-0.3, -0.25) is 9.69 Å². The lowest BCUT2D eigenvalue weighted by molar-refractivity contribution is -0.274. The summed E-state index contributed by atoms with van der Waals surface area (Å²) in [6.07, 6.45) is -4.88. The van der Waals surface area contributed by atoms with Crippen LogP contribution in [0, 0.1) is 0 Å². The Hall–Kier alpha value is -3.78. The molecule has 0 saturated heterocycles. The van der Waals surface area contributed by atoms with Gasteiger partial charge in [0.05, 0.1) is 33.2 Å². The van der Waals surface area contributed by atoms with Gasteiger partial charge in [0, 0.05) is 19.5 Å². The van der Waals surface area contributed by atoms with Gasteiger partial charge in [0.1, 0.15) is 5.75 Å². The number of anilines is 3. The van der Waals surface area contributed by atoms with Crippen molar-refractivity contribution in [3.05, 3.63) is 42.0 Å². The van der Waals surface area contributed by atoms with Gasteiger partial charge in [-0.2, -0.15) is 0 Å². The number of likely N-dealkylation sites (N-methyl/N-ethyl adjacent to an activating group) is 2. The average Bonchev–Trinajstić information content (AvgIpc) is 3.35. The first-order valence-electron chi connectivity index (χ1n) is 11.7. The Balaban J connectivity index is 1.81. The molecule has 0 radical (unpaired) electrons. The number of hydrogen-bond donors (Lipinski definition) is 4. The second kappa shape index (κ2) is 10.2. The molecule has 1 aromatic heterocycles. The minimum absolute atomic E-state index is 0.0553. The van der Waals surface area contributed by atoms with Crippen LogP contribution >= 0.6 is 11.3 Å².